The summed E-state index contributed by atoms with van der Waals surface area (Å²) in [5.74, 6) is 0. The number of aldehydes is 1. The summed E-state index contributed by atoms with van der Waals surface area (Å²) in [6, 6.07) is 0. The van der Waals surface area contributed by atoms with E-state index in [1.807, 2.05) is 0 Å². The summed E-state index contributed by atoms with van der Waals surface area (Å²) < 4.78 is 1.29. The van der Waals surface area contributed by atoms with Gasteiger partial charge in [-0.2, -0.15) is 0 Å². The standard InChI is InChI=1S/C5H9O.Sn/c1-2-3-4-5-6;/h5H,1-4H2;. The van der Waals surface area contributed by atoms with Gasteiger partial charge >= 0.3 is 57.3 Å². The molecule has 0 rings (SSSR count). The predicted molar refractivity (Wildman–Crippen MR) is 30.5 cm³/mol. The molecule has 0 aromatic heterocycles. The van der Waals surface area contributed by atoms with Gasteiger partial charge in [0.15, 0.2) is 0 Å². The van der Waals surface area contributed by atoms with Crippen LogP contribution in [0.1, 0.15) is 19.3 Å². The van der Waals surface area contributed by atoms with Crippen molar-refractivity contribution in [2.45, 2.75) is 23.7 Å². The van der Waals surface area contributed by atoms with Gasteiger partial charge in [0.05, 0.1) is 0 Å². The third-order valence-electron chi connectivity index (χ3n) is 0.749. The van der Waals surface area contributed by atoms with Crippen LogP contribution >= 0.6 is 0 Å². The molecule has 0 N–H and O–H groups in total. The Hall–Kier alpha value is 0.469. The van der Waals surface area contributed by atoms with Crippen molar-refractivity contribution in [3.05, 3.63) is 0 Å². The van der Waals surface area contributed by atoms with Crippen LogP contribution in [0.3, 0.4) is 0 Å². The Balaban J connectivity index is 2.56. The number of hydrogen-bond donors (Lipinski definition) is 0. The van der Waals surface area contributed by atoms with E-state index in [0.717, 1.165) is 19.1 Å². The number of carbonyl (C=O) groups excluding carboxylic acids is 1. The summed E-state index contributed by atoms with van der Waals surface area (Å²) in [6.07, 6.45) is 4.08. The Kier molecular flexibility index (Phi) is 6.90. The molecule has 0 aromatic rings. The van der Waals surface area contributed by atoms with Crippen LogP contribution in [0.15, 0.2) is 0 Å². The van der Waals surface area contributed by atoms with Crippen molar-refractivity contribution < 1.29 is 4.79 Å². The molecule has 0 aromatic carbocycles. The average molecular weight is 204 g/mol. The first-order valence-electron chi connectivity index (χ1n) is 2.50. The number of carbonyl (C=O) groups is 1. The maximum absolute atomic E-state index is 9.69. The molecule has 0 amide bonds. The quantitative estimate of drug-likeness (QED) is 0.378. The van der Waals surface area contributed by atoms with E-state index in [-0.39, 0.29) is 0 Å². The molecule has 0 atom stereocenters. The molecule has 1 nitrogen and oxygen atoms in total. The monoisotopic (exact) mass is 205 g/mol. The van der Waals surface area contributed by atoms with Gasteiger partial charge in [0.25, 0.3) is 0 Å². The number of unbranched alkanes of at least 4 members (excludes halogenated alkanes) is 2. The van der Waals surface area contributed by atoms with Crippen molar-refractivity contribution >= 4 is 28.8 Å². The van der Waals surface area contributed by atoms with Gasteiger partial charge in [0.2, 0.25) is 0 Å². The van der Waals surface area contributed by atoms with E-state index >= 15 is 0 Å². The summed E-state index contributed by atoms with van der Waals surface area (Å²) in [6.45, 7) is 0. The molecule has 0 heterocycles. The second-order valence-corrected chi connectivity index (χ2v) is 2.84. The van der Waals surface area contributed by atoms with Gasteiger partial charge in [0, 0.05) is 0 Å². The average Bonchev–Trinajstić information content (AvgIpc) is 1.69. The molecular formula is C5H9OSn. The molecular weight excluding hydrogens is 195 g/mol. The Morgan fingerprint density at radius 3 is 2.57 bits per heavy atom. The van der Waals surface area contributed by atoms with Crippen molar-refractivity contribution in [1.82, 2.24) is 0 Å². The molecule has 0 saturated carbocycles. The predicted octanol–water partition coefficient (Wildman–Crippen LogP) is 0.942. The second-order valence-electron chi connectivity index (χ2n) is 1.41. The Labute approximate surface area is 57.6 Å². The SMILES string of the molecule is O=CCCC[CH2][Sn]. The molecule has 0 aliphatic rings. The topological polar surface area (TPSA) is 17.1 Å². The van der Waals surface area contributed by atoms with Gasteiger partial charge in [-0.3, -0.25) is 0 Å². The summed E-state index contributed by atoms with van der Waals surface area (Å²) in [5, 5.41) is 0. The molecule has 0 aliphatic carbocycles. The van der Waals surface area contributed by atoms with Gasteiger partial charge in [-0.25, -0.2) is 0 Å². The van der Waals surface area contributed by atoms with Crippen molar-refractivity contribution in [2.24, 2.45) is 0 Å². The van der Waals surface area contributed by atoms with Crippen LogP contribution in [-0.4, -0.2) is 28.8 Å². The zero-order valence-corrected chi connectivity index (χ0v) is 7.17. The minimum atomic E-state index is 0.758. The third-order valence-corrected chi connectivity index (χ3v) is 1.76. The first-order chi connectivity index (χ1) is 3.41. The summed E-state index contributed by atoms with van der Waals surface area (Å²) in [4.78, 5) is 9.69. The Morgan fingerprint density at radius 2 is 2.14 bits per heavy atom. The van der Waals surface area contributed by atoms with Gasteiger partial charge in [-0.1, -0.05) is 0 Å². The molecule has 2 heteroatoms. The number of rotatable bonds is 4. The van der Waals surface area contributed by atoms with E-state index in [0.29, 0.717) is 0 Å². The molecule has 0 saturated heterocycles. The molecule has 0 unspecified atom stereocenters. The van der Waals surface area contributed by atoms with Crippen LogP contribution in [0.4, 0.5) is 0 Å². The van der Waals surface area contributed by atoms with Crippen LogP contribution in [0.25, 0.3) is 0 Å². The second kappa shape index (κ2) is 6.47. The number of hydrogen-bond acceptors (Lipinski definition) is 1. The normalized spacial score (nSPS) is 8.71. The minimum absolute atomic E-state index is 0.758. The molecule has 0 bridgehead atoms. The van der Waals surface area contributed by atoms with Crippen molar-refractivity contribution in [3.63, 3.8) is 0 Å². The fraction of sp³-hybridized carbons (Fsp3) is 0.800. The van der Waals surface area contributed by atoms with E-state index in [2.05, 4.69) is 0 Å². The zero-order valence-electron chi connectivity index (χ0n) is 4.31. The van der Waals surface area contributed by atoms with Crippen LogP contribution < -0.4 is 0 Å². The maximum atomic E-state index is 9.69. The van der Waals surface area contributed by atoms with E-state index in [1.165, 1.54) is 10.9 Å². The van der Waals surface area contributed by atoms with Crippen molar-refractivity contribution in [1.29, 1.82) is 0 Å². The van der Waals surface area contributed by atoms with E-state index in [1.54, 1.807) is 22.5 Å². The molecule has 0 spiro atoms. The van der Waals surface area contributed by atoms with Crippen LogP contribution in [0.5, 0.6) is 0 Å². The first kappa shape index (κ1) is 7.47. The van der Waals surface area contributed by atoms with Crippen molar-refractivity contribution in [3.8, 4) is 0 Å². The van der Waals surface area contributed by atoms with E-state index in [9.17, 15) is 4.79 Å². The molecule has 3 radical (unpaired) electrons. The Bertz CT molecular complexity index is 45.3. The van der Waals surface area contributed by atoms with E-state index < -0.39 is 0 Å². The van der Waals surface area contributed by atoms with Gasteiger partial charge < -0.3 is 0 Å². The third kappa shape index (κ3) is 6.47. The van der Waals surface area contributed by atoms with Crippen LogP contribution in [-0.2, 0) is 4.79 Å². The summed E-state index contributed by atoms with van der Waals surface area (Å²) >= 11 is 1.59. The first-order valence-corrected chi connectivity index (χ1v) is 4.52. The summed E-state index contributed by atoms with van der Waals surface area (Å²) in [7, 11) is 0. The van der Waals surface area contributed by atoms with Crippen LogP contribution in [0.2, 0.25) is 4.44 Å². The van der Waals surface area contributed by atoms with Gasteiger partial charge in [-0.15, -0.1) is 0 Å². The zero-order chi connectivity index (χ0) is 5.54. The van der Waals surface area contributed by atoms with E-state index in [4.69, 9.17) is 0 Å². The van der Waals surface area contributed by atoms with Crippen molar-refractivity contribution in [2.75, 3.05) is 0 Å². The molecule has 7 heavy (non-hydrogen) atoms. The fourth-order valence-corrected chi connectivity index (χ4v) is 1.07. The van der Waals surface area contributed by atoms with Gasteiger partial charge in [-0.05, 0) is 0 Å². The Morgan fingerprint density at radius 1 is 1.43 bits per heavy atom. The molecule has 0 fully saturated rings. The van der Waals surface area contributed by atoms with Gasteiger partial charge in [0.1, 0.15) is 0 Å². The summed E-state index contributed by atoms with van der Waals surface area (Å²) in [5.41, 5.74) is 0. The molecule has 0 aliphatic heterocycles. The van der Waals surface area contributed by atoms with Crippen LogP contribution in [0, 0.1) is 0 Å². The fourth-order valence-electron chi connectivity index (χ4n) is 0.353. The molecule has 39 valence electrons.